The number of rotatable bonds is 7. The number of halogens is 6. The standard InChI is InChI=1S/C9H14N2O3.C2HF6NO4S2/c1-11-4-3-10-8(11)7-9(12)14-6-5-13-2;3-1(4,5)14(10,11)9-15(12,13)2(6,7)8/h3-4H,5-7H2,1-2H3;9H/p+1. The number of ether oxygens (including phenoxy) is 2. The Morgan fingerprint density at radius 3 is 1.90 bits per heavy atom. The van der Waals surface area contributed by atoms with Crippen molar-refractivity contribution >= 4 is 26.0 Å². The Bertz CT molecular complexity index is 835. The number of H-pyrrole nitrogens is 1. The minimum absolute atomic E-state index is 0.250. The third-order valence-corrected chi connectivity index (χ3v) is 5.64. The van der Waals surface area contributed by atoms with Crippen molar-refractivity contribution in [3.8, 4) is 0 Å². The van der Waals surface area contributed by atoms with E-state index in [1.807, 2.05) is 17.8 Å². The maximum atomic E-state index is 11.5. The predicted octanol–water partition coefficient (Wildman–Crippen LogP) is -0.154. The van der Waals surface area contributed by atoms with Crippen LogP contribution in [0.4, 0.5) is 26.3 Å². The average Bonchev–Trinajstić information content (AvgIpc) is 2.90. The fourth-order valence-corrected chi connectivity index (χ4v) is 3.19. The summed E-state index contributed by atoms with van der Waals surface area (Å²) in [6.07, 6.45) is 3.88. The monoisotopic (exact) mass is 480 g/mol. The summed E-state index contributed by atoms with van der Waals surface area (Å²) >= 11 is 0. The van der Waals surface area contributed by atoms with Crippen LogP contribution >= 0.6 is 0 Å². The Morgan fingerprint density at radius 1 is 1.07 bits per heavy atom. The lowest BCUT2D eigenvalue weighted by Crippen LogP contribution is -2.45. The van der Waals surface area contributed by atoms with Crippen LogP contribution < -0.4 is 8.69 Å². The van der Waals surface area contributed by atoms with E-state index in [4.69, 9.17) is 9.47 Å². The van der Waals surface area contributed by atoms with Crippen molar-refractivity contribution in [3.63, 3.8) is 0 Å². The SMILES string of the molecule is COCCOC(=O)Cc1[nH]cc[n+]1C.O=S(=O)(NS(=O)(=O)C(F)(F)F)C(F)(F)F. The van der Waals surface area contributed by atoms with Crippen LogP contribution in [-0.4, -0.2) is 59.1 Å². The number of methoxy groups -OCH3 is 1. The number of nitrogens with zero attached hydrogens (tertiary/aromatic N) is 1. The van der Waals surface area contributed by atoms with E-state index in [2.05, 4.69) is 4.98 Å². The van der Waals surface area contributed by atoms with Crippen molar-refractivity contribution in [3.05, 3.63) is 18.2 Å². The molecular weight excluding hydrogens is 464 g/mol. The summed E-state index contributed by atoms with van der Waals surface area (Å²) in [5.74, 6) is 0.576. The molecule has 170 valence electrons. The van der Waals surface area contributed by atoms with Gasteiger partial charge in [-0.3, -0.25) is 4.79 Å². The third-order valence-electron chi connectivity index (χ3n) is 2.66. The lowest BCUT2D eigenvalue weighted by molar-refractivity contribution is -0.677. The lowest BCUT2D eigenvalue weighted by atomic mass is 10.4. The molecule has 0 unspecified atom stereocenters. The van der Waals surface area contributed by atoms with Gasteiger partial charge in [0.1, 0.15) is 25.4 Å². The number of aromatic amines is 1. The van der Waals surface area contributed by atoms with E-state index >= 15 is 0 Å². The Labute approximate surface area is 160 Å². The molecule has 1 aromatic heterocycles. The van der Waals surface area contributed by atoms with Gasteiger partial charge >= 0.3 is 37.0 Å². The largest absolute Gasteiger partial charge is 0.512 e. The quantitative estimate of drug-likeness (QED) is 0.240. The fourth-order valence-electron chi connectivity index (χ4n) is 1.28. The summed E-state index contributed by atoms with van der Waals surface area (Å²) in [4.78, 5) is 14.2. The van der Waals surface area contributed by atoms with Gasteiger partial charge in [0.15, 0.2) is 0 Å². The van der Waals surface area contributed by atoms with E-state index in [0.717, 1.165) is 5.82 Å². The van der Waals surface area contributed by atoms with Crippen LogP contribution in [0.2, 0.25) is 0 Å². The summed E-state index contributed by atoms with van der Waals surface area (Å²) in [6, 6.07) is 0. The molecule has 0 atom stereocenters. The van der Waals surface area contributed by atoms with Gasteiger partial charge in [0.2, 0.25) is 0 Å². The van der Waals surface area contributed by atoms with Gasteiger partial charge in [-0.05, 0) is 0 Å². The molecule has 0 saturated carbocycles. The van der Waals surface area contributed by atoms with Gasteiger partial charge in [0.05, 0.1) is 13.7 Å². The van der Waals surface area contributed by atoms with Gasteiger partial charge in [-0.1, -0.05) is 4.13 Å². The van der Waals surface area contributed by atoms with Gasteiger partial charge in [-0.25, -0.2) is 26.4 Å². The van der Waals surface area contributed by atoms with E-state index in [1.54, 1.807) is 13.3 Å². The second-order valence-electron chi connectivity index (χ2n) is 4.89. The third kappa shape index (κ3) is 8.96. The highest BCUT2D eigenvalue weighted by atomic mass is 32.3. The smallest absolute Gasteiger partial charge is 0.463 e. The highest BCUT2D eigenvalue weighted by molar-refractivity contribution is 8.05. The zero-order valence-electron chi connectivity index (χ0n) is 14.7. The van der Waals surface area contributed by atoms with Crippen LogP contribution in [0.5, 0.6) is 0 Å². The van der Waals surface area contributed by atoms with E-state index in [-0.39, 0.29) is 12.4 Å². The average molecular weight is 480 g/mol. The van der Waals surface area contributed by atoms with Crippen LogP contribution in [0.3, 0.4) is 0 Å². The van der Waals surface area contributed by atoms with Crippen LogP contribution in [0, 0.1) is 0 Å². The highest BCUT2D eigenvalue weighted by Gasteiger charge is 2.55. The Kier molecular flexibility index (Phi) is 9.54. The molecule has 0 fully saturated rings. The number of carbonyl (C=O) groups excluding carboxylic acids is 1. The van der Waals surface area contributed by atoms with Crippen LogP contribution in [0.1, 0.15) is 5.82 Å². The van der Waals surface area contributed by atoms with E-state index < -0.39 is 35.2 Å². The molecule has 0 amide bonds. The molecule has 0 aliphatic rings. The predicted molar refractivity (Wildman–Crippen MR) is 81.6 cm³/mol. The van der Waals surface area contributed by atoms with E-state index in [9.17, 15) is 48.0 Å². The second kappa shape index (κ2) is 10.2. The second-order valence-corrected chi connectivity index (χ2v) is 8.50. The molecule has 1 aromatic rings. The van der Waals surface area contributed by atoms with Crippen LogP contribution in [0.25, 0.3) is 0 Å². The first-order valence-electron chi connectivity index (χ1n) is 7.02. The normalized spacial score (nSPS) is 12.8. The number of sulfonamides is 2. The molecule has 2 N–H and O–H groups in total. The molecule has 0 saturated heterocycles. The molecule has 0 aliphatic carbocycles. The highest BCUT2D eigenvalue weighted by Crippen LogP contribution is 2.27. The minimum atomic E-state index is -6.60. The first-order valence-corrected chi connectivity index (χ1v) is 9.99. The van der Waals surface area contributed by atoms with Gasteiger partial charge < -0.3 is 9.47 Å². The number of hydrogen-bond donors (Lipinski definition) is 2. The molecule has 0 radical (unpaired) electrons. The number of carbonyl (C=O) groups is 1. The zero-order chi connectivity index (χ0) is 23.1. The number of aryl methyl sites for hydroxylation is 1. The summed E-state index contributed by atoms with van der Waals surface area (Å²) in [5, 5.41) is 0. The molecule has 0 spiro atoms. The van der Waals surface area contributed by atoms with Crippen molar-refractivity contribution < 1.29 is 62.0 Å². The molecule has 1 rings (SSSR count). The number of aromatic nitrogens is 2. The fraction of sp³-hybridized carbons (Fsp3) is 0.636. The molecule has 0 aliphatic heterocycles. The van der Waals surface area contributed by atoms with E-state index in [1.165, 1.54) is 0 Å². The minimum Gasteiger partial charge on any atom is -0.463 e. The molecule has 29 heavy (non-hydrogen) atoms. The Morgan fingerprint density at radius 2 is 1.55 bits per heavy atom. The summed E-state index contributed by atoms with van der Waals surface area (Å²) in [7, 11) is -9.76. The summed E-state index contributed by atoms with van der Waals surface area (Å²) in [5.41, 5.74) is -12.3. The summed E-state index contributed by atoms with van der Waals surface area (Å²) in [6.45, 7) is 0.738. The van der Waals surface area contributed by atoms with Gasteiger partial charge in [0.25, 0.3) is 5.82 Å². The Hall–Kier alpha value is -1.92. The molecule has 18 heteroatoms. The number of alkyl halides is 6. The zero-order valence-corrected chi connectivity index (χ0v) is 16.3. The molecule has 10 nitrogen and oxygen atoms in total. The first kappa shape index (κ1) is 27.1. The number of imidazole rings is 1. The topological polar surface area (TPSA) is 136 Å². The maximum Gasteiger partial charge on any atom is 0.512 e. The van der Waals surface area contributed by atoms with Crippen LogP contribution in [0.15, 0.2) is 12.4 Å². The Balaban J connectivity index is 0.000000541. The van der Waals surface area contributed by atoms with Gasteiger partial charge in [-0.15, -0.1) is 0 Å². The van der Waals surface area contributed by atoms with Crippen molar-refractivity contribution in [2.24, 2.45) is 7.05 Å². The number of hydrogen-bond acceptors (Lipinski definition) is 7. The number of esters is 1. The van der Waals surface area contributed by atoms with Crippen molar-refractivity contribution in [1.82, 2.24) is 9.11 Å². The number of nitrogens with one attached hydrogen (secondary N) is 2. The molecule has 0 aromatic carbocycles. The van der Waals surface area contributed by atoms with E-state index in [0.29, 0.717) is 13.2 Å². The molecule has 1 heterocycles. The maximum absolute atomic E-state index is 11.5. The lowest BCUT2D eigenvalue weighted by Gasteiger charge is -2.11. The van der Waals surface area contributed by atoms with Gasteiger partial charge in [0, 0.05) is 7.11 Å². The van der Waals surface area contributed by atoms with Crippen molar-refractivity contribution in [2.75, 3.05) is 20.3 Å². The van der Waals surface area contributed by atoms with Crippen molar-refractivity contribution in [1.29, 1.82) is 0 Å². The van der Waals surface area contributed by atoms with Crippen LogP contribution in [-0.2, 0) is 47.8 Å². The first-order chi connectivity index (χ1) is 12.9. The van der Waals surface area contributed by atoms with Gasteiger partial charge in [-0.2, -0.15) is 26.3 Å². The van der Waals surface area contributed by atoms with Crippen molar-refractivity contribution in [2.45, 2.75) is 17.4 Å². The molecular formula is C11H16F6N3O7S2+. The molecule has 0 bridgehead atoms. The summed E-state index contributed by atoms with van der Waals surface area (Å²) < 4.78 is 120.